The van der Waals surface area contributed by atoms with E-state index in [1.165, 1.54) is 0 Å². The highest BCUT2D eigenvalue weighted by atomic mass is 16.5. The average Bonchev–Trinajstić information content (AvgIpc) is 2.62. The number of hydrogen-bond donors (Lipinski definition) is 0. The lowest BCUT2D eigenvalue weighted by molar-refractivity contribution is -0.132. The Morgan fingerprint density at radius 3 is 2.04 bits per heavy atom. The number of ether oxygens (including phenoxy) is 2. The smallest absolute Gasteiger partial charge is 0.148 e. The van der Waals surface area contributed by atoms with Crippen LogP contribution >= 0.6 is 0 Å². The second-order valence-corrected chi connectivity index (χ2v) is 6.88. The molecule has 0 unspecified atom stereocenters. The average molecular weight is 352 g/mol. The first kappa shape index (κ1) is 18.2. The van der Waals surface area contributed by atoms with Crippen LogP contribution in [0.2, 0.25) is 0 Å². The van der Waals surface area contributed by atoms with Gasteiger partial charge in [0.1, 0.15) is 29.0 Å². The van der Waals surface area contributed by atoms with E-state index in [2.05, 4.69) is 0 Å². The van der Waals surface area contributed by atoms with Crippen molar-refractivity contribution < 1.29 is 19.1 Å². The third-order valence-corrected chi connectivity index (χ3v) is 5.25. The molecule has 2 aromatic carbocycles. The van der Waals surface area contributed by atoms with E-state index in [-0.39, 0.29) is 17.5 Å². The molecule has 1 fully saturated rings. The topological polar surface area (TPSA) is 52.6 Å². The summed E-state index contributed by atoms with van der Waals surface area (Å²) < 4.78 is 10.7. The maximum Gasteiger partial charge on any atom is 0.148 e. The summed E-state index contributed by atoms with van der Waals surface area (Å²) in [7, 11) is 3.18. The summed E-state index contributed by atoms with van der Waals surface area (Å²) in [5.74, 6) is 0.518. The molecule has 1 saturated carbocycles. The molecule has 0 amide bonds. The Balaban J connectivity index is 1.92. The van der Waals surface area contributed by atoms with Gasteiger partial charge in [-0.15, -0.1) is 0 Å². The fraction of sp³-hybridized carbons (Fsp3) is 0.364. The number of methoxy groups -OCH3 is 2. The van der Waals surface area contributed by atoms with Crippen LogP contribution in [-0.4, -0.2) is 25.8 Å². The van der Waals surface area contributed by atoms with Gasteiger partial charge in [-0.3, -0.25) is 9.59 Å². The minimum absolute atomic E-state index is 0.0125. The van der Waals surface area contributed by atoms with E-state index in [4.69, 9.17) is 9.47 Å². The highest BCUT2D eigenvalue weighted by Gasteiger charge is 2.39. The van der Waals surface area contributed by atoms with Crippen molar-refractivity contribution in [3.05, 3.63) is 58.7 Å². The Morgan fingerprint density at radius 2 is 1.50 bits per heavy atom. The predicted octanol–water partition coefficient (Wildman–Crippen LogP) is 4.12. The zero-order valence-corrected chi connectivity index (χ0v) is 15.7. The van der Waals surface area contributed by atoms with Crippen LogP contribution < -0.4 is 9.47 Å². The Labute approximate surface area is 154 Å². The first-order chi connectivity index (χ1) is 12.5. The number of benzene rings is 2. The van der Waals surface area contributed by atoms with E-state index in [1.807, 2.05) is 44.2 Å². The van der Waals surface area contributed by atoms with E-state index >= 15 is 0 Å². The van der Waals surface area contributed by atoms with Crippen molar-refractivity contribution in [2.45, 2.75) is 38.5 Å². The number of Topliss-reactive ketones (excluding diaryl/α,β-unsaturated/α-hetero) is 2. The molecule has 136 valence electrons. The van der Waals surface area contributed by atoms with Crippen LogP contribution in [0.3, 0.4) is 0 Å². The van der Waals surface area contributed by atoms with Gasteiger partial charge in [0.2, 0.25) is 0 Å². The van der Waals surface area contributed by atoms with Crippen molar-refractivity contribution in [1.29, 1.82) is 0 Å². The summed E-state index contributed by atoms with van der Waals surface area (Å²) >= 11 is 0. The second-order valence-electron chi connectivity index (χ2n) is 6.88. The van der Waals surface area contributed by atoms with Crippen LogP contribution in [-0.2, 0) is 9.59 Å². The molecule has 1 aliphatic carbocycles. The quantitative estimate of drug-likeness (QED) is 0.777. The molecule has 0 heterocycles. The number of rotatable bonds is 4. The maximum atomic E-state index is 12.9. The Kier molecular flexibility index (Phi) is 5.12. The molecular formula is C22H24O4. The zero-order chi connectivity index (χ0) is 18.8. The minimum Gasteiger partial charge on any atom is -0.497 e. The van der Waals surface area contributed by atoms with E-state index in [0.717, 1.165) is 22.3 Å². The summed E-state index contributed by atoms with van der Waals surface area (Å²) in [4.78, 5) is 25.9. The molecule has 0 spiro atoms. The summed E-state index contributed by atoms with van der Waals surface area (Å²) in [5, 5.41) is 0. The molecule has 0 N–H and O–H groups in total. The molecule has 0 aliphatic heterocycles. The molecule has 3 rings (SSSR count). The third kappa shape index (κ3) is 3.24. The lowest BCUT2D eigenvalue weighted by Crippen LogP contribution is -2.32. The highest BCUT2D eigenvalue weighted by Crippen LogP contribution is 2.41. The predicted molar refractivity (Wildman–Crippen MR) is 100 cm³/mol. The Morgan fingerprint density at radius 1 is 0.885 bits per heavy atom. The molecule has 4 heteroatoms. The maximum absolute atomic E-state index is 12.9. The summed E-state index contributed by atoms with van der Waals surface area (Å²) in [5.41, 5.74) is 3.76. The van der Waals surface area contributed by atoms with E-state index in [9.17, 15) is 9.59 Å². The largest absolute Gasteiger partial charge is 0.497 e. The van der Waals surface area contributed by atoms with E-state index in [1.54, 1.807) is 20.3 Å². The lowest BCUT2D eigenvalue weighted by atomic mass is 9.72. The van der Waals surface area contributed by atoms with Gasteiger partial charge in [0.05, 0.1) is 14.2 Å². The van der Waals surface area contributed by atoms with E-state index in [0.29, 0.717) is 24.3 Å². The monoisotopic (exact) mass is 352 g/mol. The molecule has 0 saturated heterocycles. The molecule has 1 aliphatic rings. The van der Waals surface area contributed by atoms with Gasteiger partial charge in [0, 0.05) is 24.8 Å². The normalized spacial score (nSPS) is 20.2. The van der Waals surface area contributed by atoms with Crippen LogP contribution in [0.5, 0.6) is 11.5 Å². The van der Waals surface area contributed by atoms with Gasteiger partial charge >= 0.3 is 0 Å². The van der Waals surface area contributed by atoms with Gasteiger partial charge in [-0.2, -0.15) is 0 Å². The fourth-order valence-corrected chi connectivity index (χ4v) is 3.95. The molecule has 26 heavy (non-hydrogen) atoms. The first-order valence-electron chi connectivity index (χ1n) is 8.79. The third-order valence-electron chi connectivity index (χ3n) is 5.25. The first-order valence-corrected chi connectivity index (χ1v) is 8.79. The lowest BCUT2D eigenvalue weighted by Gasteiger charge is -2.29. The van der Waals surface area contributed by atoms with Crippen molar-refractivity contribution in [2.24, 2.45) is 0 Å². The Bertz CT molecular complexity index is 815. The zero-order valence-electron chi connectivity index (χ0n) is 15.7. The second kappa shape index (κ2) is 7.32. The van der Waals surface area contributed by atoms with Gasteiger partial charge in [-0.05, 0) is 42.2 Å². The molecular weight excluding hydrogens is 328 g/mol. The fourth-order valence-electron chi connectivity index (χ4n) is 3.95. The van der Waals surface area contributed by atoms with E-state index < -0.39 is 5.92 Å². The van der Waals surface area contributed by atoms with Gasteiger partial charge in [0.15, 0.2) is 0 Å². The number of carbonyl (C=O) groups is 2. The molecule has 0 radical (unpaired) electrons. The van der Waals surface area contributed by atoms with Crippen molar-refractivity contribution in [3.8, 4) is 11.5 Å². The van der Waals surface area contributed by atoms with Crippen LogP contribution in [0.1, 0.15) is 46.9 Å². The van der Waals surface area contributed by atoms with Gasteiger partial charge in [-0.1, -0.05) is 24.3 Å². The van der Waals surface area contributed by atoms with Gasteiger partial charge in [-0.25, -0.2) is 0 Å². The molecule has 4 nitrogen and oxygen atoms in total. The molecule has 0 bridgehead atoms. The van der Waals surface area contributed by atoms with Crippen molar-refractivity contribution in [1.82, 2.24) is 0 Å². The van der Waals surface area contributed by atoms with Gasteiger partial charge in [0.25, 0.3) is 0 Å². The molecule has 0 atom stereocenters. The van der Waals surface area contributed by atoms with Crippen molar-refractivity contribution >= 4 is 11.6 Å². The van der Waals surface area contributed by atoms with Crippen LogP contribution in [0, 0.1) is 13.8 Å². The standard InChI is InChI=1S/C22H24O4/c1-13-6-5-7-14(2)21(13)22-18(23)10-15(11-19(22)24)17-9-8-16(25-3)12-20(17)26-4/h5-9,12,15,22H,10-11H2,1-4H3. The highest BCUT2D eigenvalue weighted by molar-refractivity contribution is 6.10. The minimum atomic E-state index is -0.642. The van der Waals surface area contributed by atoms with Crippen LogP contribution in [0.15, 0.2) is 36.4 Å². The van der Waals surface area contributed by atoms with Gasteiger partial charge < -0.3 is 9.47 Å². The van der Waals surface area contributed by atoms with Crippen molar-refractivity contribution in [3.63, 3.8) is 0 Å². The summed E-state index contributed by atoms with van der Waals surface area (Å²) in [6.45, 7) is 3.92. The SMILES string of the molecule is COc1ccc(C2CC(=O)C(c3c(C)cccc3C)C(=O)C2)c(OC)c1. The number of aryl methyl sites for hydroxylation is 2. The number of ketones is 2. The Hall–Kier alpha value is -2.62. The summed E-state index contributed by atoms with van der Waals surface area (Å²) in [6.07, 6.45) is 0.680. The van der Waals surface area contributed by atoms with Crippen LogP contribution in [0.4, 0.5) is 0 Å². The molecule has 2 aromatic rings. The summed E-state index contributed by atoms with van der Waals surface area (Å²) in [6, 6.07) is 11.4. The number of carbonyl (C=O) groups excluding carboxylic acids is 2. The number of hydrogen-bond acceptors (Lipinski definition) is 4. The molecule has 0 aromatic heterocycles. The van der Waals surface area contributed by atoms with Crippen LogP contribution in [0.25, 0.3) is 0 Å². The van der Waals surface area contributed by atoms with Crippen molar-refractivity contribution in [2.75, 3.05) is 14.2 Å².